The van der Waals surface area contributed by atoms with Crippen molar-refractivity contribution >= 4 is 11.9 Å². The second-order valence-electron chi connectivity index (χ2n) is 18.5. The van der Waals surface area contributed by atoms with Crippen LogP contribution in [0.3, 0.4) is 0 Å². The minimum Gasteiger partial charge on any atom is -0.466 e. The number of esters is 1. The average Bonchev–Trinajstić information content (AvgIpc) is 3.28. The fourth-order valence-electron chi connectivity index (χ4n) is 8.07. The summed E-state index contributed by atoms with van der Waals surface area (Å²) in [4.78, 5) is 24.5. The fourth-order valence-corrected chi connectivity index (χ4v) is 8.07. The van der Waals surface area contributed by atoms with Gasteiger partial charge < -0.3 is 20.3 Å². The molecule has 0 aliphatic rings. The molecule has 0 radical (unpaired) electrons. The van der Waals surface area contributed by atoms with Gasteiger partial charge in [-0.25, -0.2) is 0 Å². The number of hydrogen-bond donors (Lipinski definition) is 3. The van der Waals surface area contributed by atoms with Crippen LogP contribution in [0, 0.1) is 0 Å². The zero-order chi connectivity index (χ0) is 45.8. The normalized spacial score (nSPS) is 13.0. The van der Waals surface area contributed by atoms with E-state index >= 15 is 0 Å². The van der Waals surface area contributed by atoms with E-state index in [9.17, 15) is 19.8 Å². The molecule has 63 heavy (non-hydrogen) atoms. The first-order chi connectivity index (χ1) is 31.0. The minimum atomic E-state index is -0.863. The van der Waals surface area contributed by atoms with Crippen LogP contribution in [-0.4, -0.2) is 47.4 Å². The Hall–Kier alpha value is -2.18. The van der Waals surface area contributed by atoms with Crippen molar-refractivity contribution in [3.63, 3.8) is 0 Å². The van der Waals surface area contributed by atoms with Crippen molar-refractivity contribution in [2.45, 2.75) is 289 Å². The summed E-state index contributed by atoms with van der Waals surface area (Å²) in [5.74, 6) is -0.121. The number of ether oxygens (including phenoxy) is 1. The van der Waals surface area contributed by atoms with E-state index < -0.39 is 12.1 Å². The Bertz CT molecular complexity index is 1070. The molecular formula is C57H105NO5. The summed E-state index contributed by atoms with van der Waals surface area (Å²) in [6, 6.07) is -0.649. The molecule has 368 valence electrons. The molecule has 2 unspecified atom stereocenters. The van der Waals surface area contributed by atoms with E-state index in [2.05, 4.69) is 55.6 Å². The van der Waals surface area contributed by atoms with Gasteiger partial charge in [0.1, 0.15) is 0 Å². The second-order valence-corrected chi connectivity index (χ2v) is 18.5. The maximum atomic E-state index is 12.4. The van der Waals surface area contributed by atoms with E-state index in [-0.39, 0.29) is 18.5 Å². The van der Waals surface area contributed by atoms with Gasteiger partial charge in [0.15, 0.2) is 0 Å². The van der Waals surface area contributed by atoms with Gasteiger partial charge in [-0.1, -0.05) is 223 Å². The van der Waals surface area contributed by atoms with Gasteiger partial charge in [0, 0.05) is 12.8 Å². The van der Waals surface area contributed by atoms with E-state index in [1.54, 1.807) is 6.08 Å². The summed E-state index contributed by atoms with van der Waals surface area (Å²) >= 11 is 0. The first kappa shape index (κ1) is 60.8. The topological polar surface area (TPSA) is 95.9 Å². The fraction of sp³-hybridized carbons (Fsp3) is 0.825. The monoisotopic (exact) mass is 884 g/mol. The molecule has 0 bridgehead atoms. The third-order valence-electron chi connectivity index (χ3n) is 12.3. The van der Waals surface area contributed by atoms with Crippen LogP contribution in [0.1, 0.15) is 277 Å². The predicted octanol–water partition coefficient (Wildman–Crippen LogP) is 16.6. The number of nitrogens with one attached hydrogen (secondary N) is 1. The van der Waals surface area contributed by atoms with Crippen molar-refractivity contribution in [3.05, 3.63) is 48.6 Å². The number of aliphatic hydroxyl groups is 2. The van der Waals surface area contributed by atoms with E-state index in [0.29, 0.717) is 19.4 Å². The summed E-state index contributed by atoms with van der Waals surface area (Å²) in [5.41, 5.74) is 0. The molecule has 0 spiro atoms. The largest absolute Gasteiger partial charge is 0.466 e. The van der Waals surface area contributed by atoms with Gasteiger partial charge in [-0.3, -0.25) is 9.59 Å². The zero-order valence-corrected chi connectivity index (χ0v) is 41.8. The van der Waals surface area contributed by atoms with Crippen LogP contribution < -0.4 is 5.32 Å². The Morgan fingerprint density at radius 3 is 1.27 bits per heavy atom. The summed E-state index contributed by atoms with van der Waals surface area (Å²) < 4.78 is 5.46. The van der Waals surface area contributed by atoms with Crippen LogP contribution in [0.5, 0.6) is 0 Å². The van der Waals surface area contributed by atoms with E-state index in [1.165, 1.54) is 173 Å². The van der Waals surface area contributed by atoms with Gasteiger partial charge >= 0.3 is 5.97 Å². The Morgan fingerprint density at radius 1 is 0.444 bits per heavy atom. The number of allylic oxidation sites excluding steroid dienone is 7. The number of unbranched alkanes of at least 4 members (excludes halogenated alkanes) is 33. The number of amides is 1. The molecule has 6 nitrogen and oxygen atoms in total. The van der Waals surface area contributed by atoms with Crippen molar-refractivity contribution in [2.24, 2.45) is 0 Å². The highest BCUT2D eigenvalue weighted by Gasteiger charge is 2.18. The van der Waals surface area contributed by atoms with E-state index in [1.807, 2.05) is 6.08 Å². The Labute approximate surface area is 391 Å². The van der Waals surface area contributed by atoms with Crippen LogP contribution in [0.15, 0.2) is 48.6 Å². The lowest BCUT2D eigenvalue weighted by molar-refractivity contribution is -0.143. The summed E-state index contributed by atoms with van der Waals surface area (Å²) in [6.07, 6.45) is 65.4. The zero-order valence-electron chi connectivity index (χ0n) is 41.8. The Morgan fingerprint density at radius 2 is 0.794 bits per heavy atom. The molecule has 0 saturated heterocycles. The Balaban J connectivity index is 3.53. The quantitative estimate of drug-likeness (QED) is 0.0321. The van der Waals surface area contributed by atoms with Gasteiger partial charge in [0.05, 0.1) is 25.4 Å². The van der Waals surface area contributed by atoms with E-state index in [4.69, 9.17) is 4.74 Å². The summed E-state index contributed by atoms with van der Waals surface area (Å²) in [7, 11) is 0. The van der Waals surface area contributed by atoms with Crippen molar-refractivity contribution in [1.29, 1.82) is 0 Å². The number of carbonyl (C=O) groups is 2. The molecular weight excluding hydrogens is 779 g/mol. The van der Waals surface area contributed by atoms with Gasteiger partial charge in [0.25, 0.3) is 0 Å². The molecule has 0 heterocycles. The van der Waals surface area contributed by atoms with Crippen molar-refractivity contribution in [2.75, 3.05) is 13.2 Å². The molecule has 0 rings (SSSR count). The number of rotatable bonds is 50. The highest BCUT2D eigenvalue weighted by molar-refractivity contribution is 5.76. The SMILES string of the molecule is CCCCC/C=C\C/C=C\CCCCCCCCCC(=O)OCCCCCCCC/C=C\CCCCCC(=O)NC(CO)C(O)/C=C/CCCCCCCCCCCCCCCC. The maximum absolute atomic E-state index is 12.4. The molecule has 0 aromatic carbocycles. The molecule has 0 aliphatic carbocycles. The van der Waals surface area contributed by atoms with Crippen LogP contribution in [0.2, 0.25) is 0 Å². The van der Waals surface area contributed by atoms with Crippen LogP contribution in [0.4, 0.5) is 0 Å². The van der Waals surface area contributed by atoms with Crippen molar-refractivity contribution in [1.82, 2.24) is 5.32 Å². The lowest BCUT2D eigenvalue weighted by Gasteiger charge is -2.19. The van der Waals surface area contributed by atoms with Gasteiger partial charge in [-0.15, -0.1) is 0 Å². The number of carbonyl (C=O) groups excluding carboxylic acids is 2. The lowest BCUT2D eigenvalue weighted by atomic mass is 10.0. The molecule has 3 N–H and O–H groups in total. The second kappa shape index (κ2) is 52.4. The molecule has 0 fully saturated rings. The standard InChI is InChI=1S/C57H105NO5/c1-3-5-7-9-11-13-15-17-19-21-23-27-31-35-39-43-47-51-57(62)63-52-48-44-40-36-32-28-24-26-30-34-38-42-46-50-56(61)58-54(53-59)55(60)49-45-41-37-33-29-25-22-20-18-16-14-12-10-8-6-4-2/h11,13,17,19,26,30,45,49,54-55,59-60H,3-10,12,14-16,18,20-25,27-29,31-44,46-48,50-53H2,1-2H3,(H,58,61)/b13-11-,19-17-,30-26-,49-45+. The third-order valence-corrected chi connectivity index (χ3v) is 12.3. The van der Waals surface area contributed by atoms with Gasteiger partial charge in [0.2, 0.25) is 5.91 Å². The predicted molar refractivity (Wildman–Crippen MR) is 273 cm³/mol. The number of aliphatic hydroxyl groups excluding tert-OH is 2. The molecule has 1 amide bonds. The van der Waals surface area contributed by atoms with Crippen molar-refractivity contribution in [3.8, 4) is 0 Å². The molecule has 0 saturated carbocycles. The molecule has 0 aliphatic heterocycles. The van der Waals surface area contributed by atoms with Crippen LogP contribution >= 0.6 is 0 Å². The van der Waals surface area contributed by atoms with Crippen LogP contribution in [-0.2, 0) is 14.3 Å². The Kier molecular flexibility index (Phi) is 50.6. The first-order valence-corrected chi connectivity index (χ1v) is 27.4. The van der Waals surface area contributed by atoms with Gasteiger partial charge in [-0.2, -0.15) is 0 Å². The molecule has 0 aromatic heterocycles. The third kappa shape index (κ3) is 49.1. The highest BCUT2D eigenvalue weighted by atomic mass is 16.5. The maximum Gasteiger partial charge on any atom is 0.305 e. The van der Waals surface area contributed by atoms with Crippen LogP contribution in [0.25, 0.3) is 0 Å². The first-order valence-electron chi connectivity index (χ1n) is 27.4. The highest BCUT2D eigenvalue weighted by Crippen LogP contribution is 2.15. The van der Waals surface area contributed by atoms with E-state index in [0.717, 1.165) is 77.0 Å². The molecule has 2 atom stereocenters. The van der Waals surface area contributed by atoms with Crippen molar-refractivity contribution < 1.29 is 24.5 Å². The smallest absolute Gasteiger partial charge is 0.305 e. The summed E-state index contributed by atoms with van der Waals surface area (Å²) in [6.45, 7) is 4.83. The van der Waals surface area contributed by atoms with Gasteiger partial charge in [-0.05, 0) is 89.9 Å². The minimum absolute atomic E-state index is 0.0224. The average molecular weight is 884 g/mol. The summed E-state index contributed by atoms with van der Waals surface area (Å²) in [5, 5.41) is 23.1. The number of hydrogen-bond acceptors (Lipinski definition) is 5. The lowest BCUT2D eigenvalue weighted by Crippen LogP contribution is -2.45. The molecule has 6 heteroatoms. The molecule has 0 aromatic rings.